The van der Waals surface area contributed by atoms with Gasteiger partial charge in [0.25, 0.3) is 0 Å². The van der Waals surface area contributed by atoms with Gasteiger partial charge in [0, 0.05) is 29.6 Å². The molecule has 0 spiro atoms. The molecular formula is C15H19N5O. The minimum Gasteiger partial charge on any atom is -0.481 e. The lowest BCUT2D eigenvalue weighted by Gasteiger charge is -2.16. The molecule has 1 atom stereocenters. The Bertz CT molecular complexity index is 631. The number of hydrogen-bond acceptors (Lipinski definition) is 6. The first-order chi connectivity index (χ1) is 10.3. The van der Waals surface area contributed by atoms with Crippen molar-refractivity contribution in [1.82, 2.24) is 25.3 Å². The predicted octanol–water partition coefficient (Wildman–Crippen LogP) is 1.93. The second-order valence-electron chi connectivity index (χ2n) is 5.13. The highest BCUT2D eigenvalue weighted by Crippen LogP contribution is 2.28. The zero-order valence-corrected chi connectivity index (χ0v) is 12.3. The molecule has 6 nitrogen and oxygen atoms in total. The second kappa shape index (κ2) is 6.13. The molecule has 1 unspecified atom stereocenters. The highest BCUT2D eigenvalue weighted by molar-refractivity contribution is 5.50. The number of aromatic nitrogens is 4. The van der Waals surface area contributed by atoms with Crippen LogP contribution in [0.15, 0.2) is 18.6 Å². The van der Waals surface area contributed by atoms with E-state index in [4.69, 9.17) is 9.72 Å². The van der Waals surface area contributed by atoms with Crippen molar-refractivity contribution in [3.63, 3.8) is 0 Å². The van der Waals surface area contributed by atoms with Crippen molar-refractivity contribution >= 4 is 0 Å². The molecule has 0 bridgehead atoms. The van der Waals surface area contributed by atoms with Gasteiger partial charge < -0.3 is 10.1 Å². The van der Waals surface area contributed by atoms with Crippen LogP contribution < -0.4 is 10.1 Å². The zero-order valence-electron chi connectivity index (χ0n) is 12.3. The number of hydrogen-bond donors (Lipinski definition) is 1. The first kappa shape index (κ1) is 13.9. The third-order valence-electron chi connectivity index (χ3n) is 3.86. The Labute approximate surface area is 124 Å². The minimum atomic E-state index is 0.344. The van der Waals surface area contributed by atoms with E-state index in [-0.39, 0.29) is 0 Å². The first-order valence-electron chi connectivity index (χ1n) is 7.21. The van der Waals surface area contributed by atoms with E-state index in [9.17, 15) is 0 Å². The van der Waals surface area contributed by atoms with Crippen LogP contribution in [0.25, 0.3) is 11.5 Å². The van der Waals surface area contributed by atoms with Crippen LogP contribution in [-0.4, -0.2) is 34.1 Å². The molecule has 0 amide bonds. The SMILES string of the molecule is CNC1CCCCc2nc(-c3cc(OC)ncn3)ncc21. The average molecular weight is 285 g/mol. The Hall–Kier alpha value is -2.08. The van der Waals surface area contributed by atoms with E-state index in [2.05, 4.69) is 20.3 Å². The van der Waals surface area contributed by atoms with E-state index < -0.39 is 0 Å². The van der Waals surface area contributed by atoms with E-state index in [1.807, 2.05) is 13.2 Å². The predicted molar refractivity (Wildman–Crippen MR) is 79.0 cm³/mol. The van der Waals surface area contributed by atoms with Crippen LogP contribution in [-0.2, 0) is 6.42 Å². The Morgan fingerprint density at radius 1 is 1.24 bits per heavy atom. The maximum absolute atomic E-state index is 5.13. The molecule has 110 valence electrons. The summed E-state index contributed by atoms with van der Waals surface area (Å²) in [6.45, 7) is 0. The van der Waals surface area contributed by atoms with Crippen molar-refractivity contribution in [2.45, 2.75) is 31.7 Å². The fraction of sp³-hybridized carbons (Fsp3) is 0.467. The van der Waals surface area contributed by atoms with Gasteiger partial charge in [0.1, 0.15) is 12.0 Å². The summed E-state index contributed by atoms with van der Waals surface area (Å²) in [5.74, 6) is 1.15. The van der Waals surface area contributed by atoms with E-state index in [1.54, 1.807) is 13.2 Å². The first-order valence-corrected chi connectivity index (χ1v) is 7.21. The quantitative estimate of drug-likeness (QED) is 0.869. The molecule has 1 aliphatic carbocycles. The normalized spacial score (nSPS) is 17.9. The zero-order chi connectivity index (χ0) is 14.7. The third kappa shape index (κ3) is 2.85. The standard InChI is InChI=1S/C15H19N5O/c1-16-11-5-3-4-6-12-10(11)8-17-15(20-12)13-7-14(21-2)19-9-18-13/h7-9,11,16H,3-6H2,1-2H3. The Morgan fingerprint density at radius 2 is 2.14 bits per heavy atom. The molecule has 0 saturated heterocycles. The maximum Gasteiger partial charge on any atom is 0.216 e. The lowest BCUT2D eigenvalue weighted by Crippen LogP contribution is -2.17. The van der Waals surface area contributed by atoms with E-state index >= 15 is 0 Å². The fourth-order valence-electron chi connectivity index (χ4n) is 2.71. The maximum atomic E-state index is 5.13. The molecule has 0 saturated carbocycles. The van der Waals surface area contributed by atoms with Gasteiger partial charge in [-0.2, -0.15) is 0 Å². The van der Waals surface area contributed by atoms with E-state index in [1.165, 1.54) is 18.3 Å². The molecule has 2 aromatic heterocycles. The molecule has 0 fully saturated rings. The van der Waals surface area contributed by atoms with Crippen LogP contribution in [0.1, 0.15) is 36.6 Å². The van der Waals surface area contributed by atoms with Crippen molar-refractivity contribution in [3.8, 4) is 17.4 Å². The number of nitrogens with zero attached hydrogens (tertiary/aromatic N) is 4. The van der Waals surface area contributed by atoms with Gasteiger partial charge in [-0.05, 0) is 26.3 Å². The summed E-state index contributed by atoms with van der Waals surface area (Å²) in [7, 11) is 3.57. The van der Waals surface area contributed by atoms with Crippen LogP contribution in [0.3, 0.4) is 0 Å². The van der Waals surface area contributed by atoms with Gasteiger partial charge in [-0.3, -0.25) is 0 Å². The van der Waals surface area contributed by atoms with Gasteiger partial charge in [-0.15, -0.1) is 0 Å². The van der Waals surface area contributed by atoms with Gasteiger partial charge >= 0.3 is 0 Å². The number of fused-ring (bicyclic) bond motifs is 1. The van der Waals surface area contributed by atoms with Gasteiger partial charge in [-0.25, -0.2) is 19.9 Å². The Morgan fingerprint density at radius 3 is 2.95 bits per heavy atom. The summed E-state index contributed by atoms with van der Waals surface area (Å²) < 4.78 is 5.13. The molecule has 2 aromatic rings. The Balaban J connectivity index is 2.00. The van der Waals surface area contributed by atoms with Crippen molar-refractivity contribution < 1.29 is 4.74 Å². The topological polar surface area (TPSA) is 72.8 Å². The molecule has 0 aliphatic heterocycles. The number of methoxy groups -OCH3 is 1. The lowest BCUT2D eigenvalue weighted by atomic mass is 10.1. The van der Waals surface area contributed by atoms with Crippen molar-refractivity contribution in [1.29, 1.82) is 0 Å². The third-order valence-corrected chi connectivity index (χ3v) is 3.86. The monoisotopic (exact) mass is 285 g/mol. The van der Waals surface area contributed by atoms with Gasteiger partial charge in [0.05, 0.1) is 7.11 Å². The van der Waals surface area contributed by atoms with Crippen LogP contribution in [0.4, 0.5) is 0 Å². The minimum absolute atomic E-state index is 0.344. The van der Waals surface area contributed by atoms with Gasteiger partial charge in [-0.1, -0.05) is 6.42 Å². The molecule has 2 heterocycles. The largest absolute Gasteiger partial charge is 0.481 e. The molecule has 6 heteroatoms. The van der Waals surface area contributed by atoms with Crippen LogP contribution in [0.5, 0.6) is 5.88 Å². The van der Waals surface area contributed by atoms with Crippen LogP contribution in [0, 0.1) is 0 Å². The van der Waals surface area contributed by atoms with Gasteiger partial charge in [0.2, 0.25) is 5.88 Å². The van der Waals surface area contributed by atoms with E-state index in [0.29, 0.717) is 23.4 Å². The molecule has 0 aromatic carbocycles. The molecule has 3 rings (SSSR count). The molecule has 1 N–H and O–H groups in total. The fourth-order valence-corrected chi connectivity index (χ4v) is 2.71. The number of ether oxygens (including phenoxy) is 1. The summed E-state index contributed by atoms with van der Waals surface area (Å²) in [5, 5.41) is 3.35. The van der Waals surface area contributed by atoms with Gasteiger partial charge in [0.15, 0.2) is 5.82 Å². The van der Waals surface area contributed by atoms with Crippen molar-refractivity contribution in [3.05, 3.63) is 29.8 Å². The molecular weight excluding hydrogens is 266 g/mol. The summed E-state index contributed by atoms with van der Waals surface area (Å²) in [6.07, 6.45) is 7.89. The second-order valence-corrected chi connectivity index (χ2v) is 5.13. The summed E-state index contributed by atoms with van der Waals surface area (Å²) >= 11 is 0. The van der Waals surface area contributed by atoms with Crippen molar-refractivity contribution in [2.24, 2.45) is 0 Å². The Kier molecular flexibility index (Phi) is 4.06. The highest BCUT2D eigenvalue weighted by atomic mass is 16.5. The number of nitrogens with one attached hydrogen (secondary N) is 1. The smallest absolute Gasteiger partial charge is 0.216 e. The van der Waals surface area contributed by atoms with Crippen molar-refractivity contribution in [2.75, 3.05) is 14.2 Å². The molecule has 21 heavy (non-hydrogen) atoms. The molecule has 0 radical (unpaired) electrons. The summed E-state index contributed by atoms with van der Waals surface area (Å²) in [4.78, 5) is 17.5. The van der Waals surface area contributed by atoms with Crippen LogP contribution >= 0.6 is 0 Å². The highest BCUT2D eigenvalue weighted by Gasteiger charge is 2.20. The summed E-state index contributed by atoms with van der Waals surface area (Å²) in [6, 6.07) is 2.10. The lowest BCUT2D eigenvalue weighted by molar-refractivity contribution is 0.397. The van der Waals surface area contributed by atoms with Crippen LogP contribution in [0.2, 0.25) is 0 Å². The molecule has 1 aliphatic rings. The summed E-state index contributed by atoms with van der Waals surface area (Å²) in [5.41, 5.74) is 3.02. The number of rotatable bonds is 3. The number of aryl methyl sites for hydroxylation is 1. The van der Waals surface area contributed by atoms with E-state index in [0.717, 1.165) is 25.0 Å². The average Bonchev–Trinajstić information content (AvgIpc) is 2.76.